The number of rotatable bonds is 5. The van der Waals surface area contributed by atoms with Crippen molar-refractivity contribution in [3.63, 3.8) is 0 Å². The van der Waals surface area contributed by atoms with E-state index < -0.39 is 5.16 Å². The number of aromatic nitrogens is 4. The van der Waals surface area contributed by atoms with Crippen LogP contribution in [-0.2, 0) is 10.3 Å². The topological polar surface area (TPSA) is 51.6 Å². The molecule has 3 aromatic rings. The van der Waals surface area contributed by atoms with Crippen molar-refractivity contribution < 1.29 is 0 Å². The molecule has 4 nitrogen and oxygen atoms in total. The van der Waals surface area contributed by atoms with Gasteiger partial charge in [0.05, 0.1) is 28.9 Å². The van der Waals surface area contributed by atoms with E-state index in [1.807, 2.05) is 12.4 Å². The van der Waals surface area contributed by atoms with Crippen molar-refractivity contribution in [3.8, 4) is 0 Å². The van der Waals surface area contributed by atoms with Gasteiger partial charge in [-0.15, -0.1) is 18.5 Å². The highest BCUT2D eigenvalue weighted by Crippen LogP contribution is 2.73. The molecular formula is C30H38N4P2. The molecule has 4 aliphatic carbocycles. The number of nitrogens with zero attached hydrogens (tertiary/aromatic N) is 4. The second-order valence-corrected chi connectivity index (χ2v) is 14.5. The van der Waals surface area contributed by atoms with Crippen LogP contribution in [0.25, 0.3) is 0 Å². The molecule has 0 N–H and O–H groups in total. The van der Waals surface area contributed by atoms with Gasteiger partial charge in [0.2, 0.25) is 0 Å². The molecule has 3 unspecified atom stereocenters. The first-order chi connectivity index (χ1) is 17.2. The monoisotopic (exact) mass is 516 g/mol. The Balaban J connectivity index is 1.62. The largest absolute Gasteiger partial charge is 0.261 e. The van der Waals surface area contributed by atoms with Gasteiger partial charge in [-0.3, -0.25) is 19.9 Å². The summed E-state index contributed by atoms with van der Waals surface area (Å²) in [5, 5.41) is -0.757. The normalized spacial score (nSPS) is 29.2. The van der Waals surface area contributed by atoms with E-state index in [0.717, 1.165) is 29.1 Å². The fraction of sp³-hybridized carbons (Fsp3) is 0.533. The molecule has 6 heteroatoms. The first-order valence-corrected chi connectivity index (χ1v) is 14.5. The predicted molar refractivity (Wildman–Crippen MR) is 152 cm³/mol. The molecule has 0 radical (unpaired) electrons. The third kappa shape index (κ3) is 3.54. The molecular weight excluding hydrogens is 478 g/mol. The van der Waals surface area contributed by atoms with Crippen LogP contribution in [0.4, 0.5) is 0 Å². The van der Waals surface area contributed by atoms with E-state index in [2.05, 4.69) is 73.5 Å². The number of hydrogen-bond acceptors (Lipinski definition) is 4. The summed E-state index contributed by atoms with van der Waals surface area (Å²) in [6, 6.07) is 9.06. The van der Waals surface area contributed by atoms with Crippen molar-refractivity contribution in [1.82, 2.24) is 19.9 Å². The maximum atomic E-state index is 4.82. The van der Waals surface area contributed by atoms with Crippen molar-refractivity contribution in [1.29, 1.82) is 0 Å². The molecule has 0 amide bonds. The summed E-state index contributed by atoms with van der Waals surface area (Å²) in [5.41, 5.74) is 4.68. The summed E-state index contributed by atoms with van der Waals surface area (Å²) < 4.78 is 0. The molecule has 4 bridgehead atoms. The van der Waals surface area contributed by atoms with Crippen LogP contribution < -0.4 is 0 Å². The second kappa shape index (κ2) is 8.64. The van der Waals surface area contributed by atoms with Crippen LogP contribution in [0.5, 0.6) is 0 Å². The van der Waals surface area contributed by atoms with Crippen LogP contribution in [-0.4, -0.2) is 19.9 Å². The highest BCUT2D eigenvalue weighted by molar-refractivity contribution is 7.19. The van der Waals surface area contributed by atoms with Gasteiger partial charge in [0.1, 0.15) is 0 Å². The van der Waals surface area contributed by atoms with Gasteiger partial charge < -0.3 is 0 Å². The molecule has 0 aliphatic heterocycles. The smallest absolute Gasteiger partial charge is 0.0967 e. The van der Waals surface area contributed by atoms with Crippen LogP contribution in [0, 0.1) is 28.6 Å². The zero-order valence-electron chi connectivity index (χ0n) is 21.7. The first kappa shape index (κ1) is 24.6. The van der Waals surface area contributed by atoms with Crippen molar-refractivity contribution in [2.75, 3.05) is 0 Å². The molecule has 0 saturated heterocycles. The molecule has 1 aromatic carbocycles. The van der Waals surface area contributed by atoms with E-state index in [1.54, 1.807) is 24.8 Å². The van der Waals surface area contributed by atoms with Gasteiger partial charge in [-0.05, 0) is 78.2 Å². The van der Waals surface area contributed by atoms with Crippen LogP contribution >= 0.6 is 18.5 Å². The Bertz CT molecular complexity index is 1170. The Morgan fingerprint density at radius 1 is 0.722 bits per heavy atom. The molecule has 2 aromatic heterocycles. The molecule has 36 heavy (non-hydrogen) atoms. The van der Waals surface area contributed by atoms with Crippen LogP contribution in [0.1, 0.15) is 81.8 Å². The van der Waals surface area contributed by atoms with E-state index in [9.17, 15) is 0 Å². The average molecular weight is 517 g/mol. The standard InChI is InChI=1S/C30H38N4P2/c1-27(2,3)30(36,28-15-20-12-21(16-28)14-22(13-20)17-28)24-7-5-4-6-23(24)29(35,25-18-31-8-10-33-25)26-19-32-9-11-34-26/h4-11,18-22H,12-17,35-36H2,1-3H3. The predicted octanol–water partition coefficient (Wildman–Crippen LogP) is 6.77. The summed E-state index contributed by atoms with van der Waals surface area (Å²) in [7, 11) is 6.62. The molecule has 188 valence electrons. The summed E-state index contributed by atoms with van der Waals surface area (Å²) in [6.45, 7) is 7.35. The molecule has 7 rings (SSSR count). The fourth-order valence-electron chi connectivity index (χ4n) is 8.66. The molecule has 4 fully saturated rings. The second-order valence-electron chi connectivity index (χ2n) is 12.8. The fourth-order valence-corrected chi connectivity index (χ4v) is 9.82. The van der Waals surface area contributed by atoms with E-state index in [0.29, 0.717) is 0 Å². The van der Waals surface area contributed by atoms with Crippen molar-refractivity contribution in [2.24, 2.45) is 28.6 Å². The lowest BCUT2D eigenvalue weighted by Crippen LogP contribution is -2.59. The first-order valence-electron chi connectivity index (χ1n) is 13.4. The third-order valence-electron chi connectivity index (χ3n) is 9.77. The maximum Gasteiger partial charge on any atom is 0.0967 e. The van der Waals surface area contributed by atoms with Gasteiger partial charge in [-0.1, -0.05) is 45.0 Å². The maximum absolute atomic E-state index is 4.82. The minimum absolute atomic E-state index is 0.0374. The number of hydrogen-bond donors (Lipinski definition) is 0. The van der Waals surface area contributed by atoms with E-state index >= 15 is 0 Å². The van der Waals surface area contributed by atoms with Crippen LogP contribution in [0.3, 0.4) is 0 Å². The van der Waals surface area contributed by atoms with Gasteiger partial charge >= 0.3 is 0 Å². The van der Waals surface area contributed by atoms with Crippen molar-refractivity contribution >= 4 is 18.5 Å². The van der Waals surface area contributed by atoms with Crippen molar-refractivity contribution in [2.45, 2.75) is 69.6 Å². The Morgan fingerprint density at radius 3 is 1.61 bits per heavy atom. The lowest BCUT2D eigenvalue weighted by atomic mass is 9.42. The van der Waals surface area contributed by atoms with Gasteiger partial charge in [0, 0.05) is 29.9 Å². The zero-order chi connectivity index (χ0) is 25.2. The SMILES string of the molecule is CC(C)(C)C(P)(c1ccccc1C(P)(c1cnccn1)c1cnccn1)C12CC3CC(CC(C3)C1)C2. The zero-order valence-corrected chi connectivity index (χ0v) is 24.0. The molecule has 3 atom stereocenters. The Morgan fingerprint density at radius 2 is 1.19 bits per heavy atom. The Labute approximate surface area is 220 Å². The van der Waals surface area contributed by atoms with E-state index in [-0.39, 0.29) is 16.0 Å². The third-order valence-corrected chi connectivity index (χ3v) is 12.5. The average Bonchev–Trinajstić information content (AvgIpc) is 2.87. The summed E-state index contributed by atoms with van der Waals surface area (Å²) >= 11 is 0. The molecule has 4 aliphatic rings. The quantitative estimate of drug-likeness (QED) is 0.351. The summed E-state index contributed by atoms with van der Waals surface area (Å²) in [4.78, 5) is 18.6. The van der Waals surface area contributed by atoms with Crippen molar-refractivity contribution in [3.05, 3.63) is 84.0 Å². The summed E-state index contributed by atoms with van der Waals surface area (Å²) in [6.07, 6.45) is 19.2. The van der Waals surface area contributed by atoms with Crippen LogP contribution in [0.15, 0.2) is 61.4 Å². The van der Waals surface area contributed by atoms with Gasteiger partial charge in [0.25, 0.3) is 0 Å². The van der Waals surface area contributed by atoms with Gasteiger partial charge in [0.15, 0.2) is 0 Å². The molecule has 0 spiro atoms. The number of benzene rings is 1. The van der Waals surface area contributed by atoms with Gasteiger partial charge in [-0.25, -0.2) is 0 Å². The highest BCUT2D eigenvalue weighted by atomic mass is 31.0. The highest BCUT2D eigenvalue weighted by Gasteiger charge is 2.63. The summed E-state index contributed by atoms with van der Waals surface area (Å²) in [5.74, 6) is 2.64. The Kier molecular flexibility index (Phi) is 5.90. The van der Waals surface area contributed by atoms with E-state index in [4.69, 9.17) is 9.97 Å². The lowest BCUT2D eigenvalue weighted by molar-refractivity contribution is -0.101. The molecule has 4 saturated carbocycles. The minimum Gasteiger partial charge on any atom is -0.261 e. The lowest BCUT2D eigenvalue weighted by Gasteiger charge is -2.67. The van der Waals surface area contributed by atoms with E-state index in [1.165, 1.54) is 49.7 Å². The minimum atomic E-state index is -0.658. The van der Waals surface area contributed by atoms with Crippen LogP contribution in [0.2, 0.25) is 0 Å². The van der Waals surface area contributed by atoms with Gasteiger partial charge in [-0.2, -0.15) is 0 Å². The Hall–Kier alpha value is -1.76. The molecule has 2 heterocycles.